The zero-order valence-electron chi connectivity index (χ0n) is 12.0. The van der Waals surface area contributed by atoms with E-state index in [0.29, 0.717) is 31.1 Å². The third-order valence-corrected chi connectivity index (χ3v) is 5.13. The normalized spacial score (nSPS) is 12.1. The number of hydrogen-bond acceptors (Lipinski definition) is 4. The summed E-state index contributed by atoms with van der Waals surface area (Å²) >= 11 is 6.10. The Morgan fingerprint density at radius 1 is 1.40 bits per heavy atom. The number of rotatable bonds is 8. The van der Waals surface area contributed by atoms with Gasteiger partial charge in [-0.1, -0.05) is 17.7 Å². The molecule has 0 aliphatic heterocycles. The van der Waals surface area contributed by atoms with E-state index >= 15 is 0 Å². The van der Waals surface area contributed by atoms with E-state index in [1.165, 1.54) is 10.4 Å². The summed E-state index contributed by atoms with van der Waals surface area (Å²) in [5, 5.41) is 3.43. The van der Waals surface area contributed by atoms with Crippen LogP contribution in [0.15, 0.2) is 23.1 Å². The third kappa shape index (κ3) is 4.43. The molecule has 114 valence electrons. The molecule has 1 aromatic rings. The van der Waals surface area contributed by atoms with Gasteiger partial charge >= 0.3 is 0 Å². The molecule has 1 aromatic carbocycles. The van der Waals surface area contributed by atoms with Gasteiger partial charge in [0.1, 0.15) is 0 Å². The second-order valence-corrected chi connectivity index (χ2v) is 6.91. The van der Waals surface area contributed by atoms with Crippen molar-refractivity contribution < 1.29 is 13.2 Å². The average molecular weight is 321 g/mol. The van der Waals surface area contributed by atoms with Crippen LogP contribution in [0.3, 0.4) is 0 Å². The van der Waals surface area contributed by atoms with Crippen LogP contribution in [0.1, 0.15) is 12.0 Å². The number of nitrogens with one attached hydrogen (secondary N) is 1. The Labute approximate surface area is 125 Å². The van der Waals surface area contributed by atoms with Crippen LogP contribution < -0.4 is 5.32 Å². The van der Waals surface area contributed by atoms with Crippen molar-refractivity contribution in [3.63, 3.8) is 0 Å². The standard InChI is InChI=1S/C13H21ClN2O3S/c1-15-10-11-5-6-12(9-13(11)14)20(17,18)16(2)7-4-8-19-3/h5-6,9,15H,4,7-8,10H2,1-3H3. The van der Waals surface area contributed by atoms with Gasteiger partial charge in [0.05, 0.1) is 4.90 Å². The Balaban J connectivity index is 2.89. The SMILES string of the molecule is CNCc1ccc(S(=O)(=O)N(C)CCCOC)cc1Cl. The molecule has 20 heavy (non-hydrogen) atoms. The second-order valence-electron chi connectivity index (χ2n) is 4.46. The van der Waals surface area contributed by atoms with Gasteiger partial charge in [-0.2, -0.15) is 0 Å². The van der Waals surface area contributed by atoms with Crippen molar-refractivity contribution in [1.29, 1.82) is 0 Å². The molecule has 0 fully saturated rings. The van der Waals surface area contributed by atoms with E-state index in [4.69, 9.17) is 16.3 Å². The van der Waals surface area contributed by atoms with Crippen LogP contribution in [0.4, 0.5) is 0 Å². The zero-order chi connectivity index (χ0) is 15.2. The van der Waals surface area contributed by atoms with Crippen LogP contribution in [-0.4, -0.2) is 47.1 Å². The Morgan fingerprint density at radius 3 is 2.65 bits per heavy atom. The molecule has 0 saturated heterocycles. The van der Waals surface area contributed by atoms with Crippen molar-refractivity contribution in [2.24, 2.45) is 0 Å². The molecule has 0 saturated carbocycles. The first-order valence-corrected chi connectivity index (χ1v) is 8.13. The maximum absolute atomic E-state index is 12.4. The summed E-state index contributed by atoms with van der Waals surface area (Å²) in [7, 11) is 1.46. The van der Waals surface area contributed by atoms with Crippen molar-refractivity contribution >= 4 is 21.6 Å². The molecule has 7 heteroatoms. The van der Waals surface area contributed by atoms with E-state index in [2.05, 4.69) is 5.32 Å². The lowest BCUT2D eigenvalue weighted by atomic mass is 10.2. The van der Waals surface area contributed by atoms with Crippen LogP contribution in [0.25, 0.3) is 0 Å². The molecule has 0 aliphatic rings. The van der Waals surface area contributed by atoms with Crippen molar-refractivity contribution in [3.05, 3.63) is 28.8 Å². The highest BCUT2D eigenvalue weighted by Gasteiger charge is 2.21. The molecule has 0 atom stereocenters. The molecule has 0 bridgehead atoms. The predicted octanol–water partition coefficient (Wildman–Crippen LogP) is 1.72. The molecule has 5 nitrogen and oxygen atoms in total. The molecule has 0 amide bonds. The van der Waals surface area contributed by atoms with Gasteiger partial charge in [-0.05, 0) is 31.2 Å². The largest absolute Gasteiger partial charge is 0.385 e. The van der Waals surface area contributed by atoms with E-state index in [1.807, 2.05) is 7.05 Å². The third-order valence-electron chi connectivity index (χ3n) is 2.92. The first kappa shape index (κ1) is 17.4. The fourth-order valence-electron chi connectivity index (χ4n) is 1.75. The number of sulfonamides is 1. The quantitative estimate of drug-likeness (QED) is 0.741. The van der Waals surface area contributed by atoms with E-state index in [0.717, 1.165) is 5.56 Å². The molecule has 0 aliphatic carbocycles. The smallest absolute Gasteiger partial charge is 0.242 e. The number of hydrogen-bond donors (Lipinski definition) is 1. The molecule has 0 unspecified atom stereocenters. The highest BCUT2D eigenvalue weighted by Crippen LogP contribution is 2.22. The highest BCUT2D eigenvalue weighted by atomic mass is 35.5. The number of benzene rings is 1. The van der Waals surface area contributed by atoms with Gasteiger partial charge in [-0.3, -0.25) is 0 Å². The van der Waals surface area contributed by atoms with Crippen molar-refractivity contribution in [3.8, 4) is 0 Å². The molecule has 0 spiro atoms. The zero-order valence-corrected chi connectivity index (χ0v) is 13.6. The molecular formula is C13H21ClN2O3S. The minimum atomic E-state index is -3.50. The Kier molecular flexibility index (Phi) is 6.91. The van der Waals surface area contributed by atoms with Crippen molar-refractivity contribution in [2.75, 3.05) is 34.4 Å². The maximum atomic E-state index is 12.4. The van der Waals surface area contributed by atoms with Gasteiger partial charge in [-0.15, -0.1) is 0 Å². The summed E-state index contributed by atoms with van der Waals surface area (Å²) in [6, 6.07) is 4.81. The lowest BCUT2D eigenvalue weighted by Gasteiger charge is -2.17. The number of halogens is 1. The second kappa shape index (κ2) is 7.95. The number of ether oxygens (including phenoxy) is 1. The molecular weight excluding hydrogens is 300 g/mol. The Bertz CT molecular complexity index is 534. The number of nitrogens with zero attached hydrogens (tertiary/aromatic N) is 1. The number of methoxy groups -OCH3 is 1. The van der Waals surface area contributed by atoms with E-state index in [-0.39, 0.29) is 4.90 Å². The molecule has 1 rings (SSSR count). The topological polar surface area (TPSA) is 58.6 Å². The minimum absolute atomic E-state index is 0.210. The average Bonchev–Trinajstić information content (AvgIpc) is 2.41. The van der Waals surface area contributed by atoms with Crippen LogP contribution in [0.5, 0.6) is 0 Å². The summed E-state index contributed by atoms with van der Waals surface area (Å²) in [6.45, 7) is 1.54. The fraction of sp³-hybridized carbons (Fsp3) is 0.538. The van der Waals surface area contributed by atoms with Crippen LogP contribution in [0.2, 0.25) is 5.02 Å². The van der Waals surface area contributed by atoms with Gasteiger partial charge in [0.25, 0.3) is 0 Å². The summed E-state index contributed by atoms with van der Waals surface area (Å²) in [4.78, 5) is 0.210. The monoisotopic (exact) mass is 320 g/mol. The summed E-state index contributed by atoms with van der Waals surface area (Å²) in [5.41, 5.74) is 0.871. The molecule has 1 N–H and O–H groups in total. The van der Waals surface area contributed by atoms with E-state index < -0.39 is 10.0 Å². The first-order chi connectivity index (χ1) is 9.43. The minimum Gasteiger partial charge on any atom is -0.385 e. The van der Waals surface area contributed by atoms with Crippen LogP contribution in [-0.2, 0) is 21.3 Å². The van der Waals surface area contributed by atoms with E-state index in [9.17, 15) is 8.42 Å². The summed E-state index contributed by atoms with van der Waals surface area (Å²) in [6.07, 6.45) is 0.651. The van der Waals surface area contributed by atoms with Gasteiger partial charge in [0.2, 0.25) is 10.0 Å². The van der Waals surface area contributed by atoms with Crippen LogP contribution >= 0.6 is 11.6 Å². The first-order valence-electron chi connectivity index (χ1n) is 6.31. The van der Waals surface area contributed by atoms with Gasteiger partial charge < -0.3 is 10.1 Å². The molecule has 0 heterocycles. The lowest BCUT2D eigenvalue weighted by Crippen LogP contribution is -2.28. The van der Waals surface area contributed by atoms with Gasteiger partial charge in [0, 0.05) is 38.9 Å². The predicted molar refractivity (Wildman–Crippen MR) is 80.5 cm³/mol. The molecule has 0 aromatic heterocycles. The highest BCUT2D eigenvalue weighted by molar-refractivity contribution is 7.89. The van der Waals surface area contributed by atoms with E-state index in [1.54, 1.807) is 26.3 Å². The van der Waals surface area contributed by atoms with Crippen molar-refractivity contribution in [1.82, 2.24) is 9.62 Å². The fourth-order valence-corrected chi connectivity index (χ4v) is 3.30. The summed E-state index contributed by atoms with van der Waals surface area (Å²) < 4.78 is 31.0. The lowest BCUT2D eigenvalue weighted by molar-refractivity contribution is 0.189. The summed E-state index contributed by atoms with van der Waals surface area (Å²) in [5.74, 6) is 0. The Morgan fingerprint density at radius 2 is 2.10 bits per heavy atom. The van der Waals surface area contributed by atoms with Gasteiger partial charge in [0.15, 0.2) is 0 Å². The molecule has 0 radical (unpaired) electrons. The Hall–Kier alpha value is -0.660. The van der Waals surface area contributed by atoms with Crippen LogP contribution in [0, 0.1) is 0 Å². The maximum Gasteiger partial charge on any atom is 0.242 e. The van der Waals surface area contributed by atoms with Crippen molar-refractivity contribution in [2.45, 2.75) is 17.9 Å². The van der Waals surface area contributed by atoms with Gasteiger partial charge in [-0.25, -0.2) is 12.7 Å².